The molecule has 0 radical (unpaired) electrons. The molecule has 0 bridgehead atoms. The zero-order valence-electron chi connectivity index (χ0n) is 14.3. The highest BCUT2D eigenvalue weighted by Gasteiger charge is 2.22. The minimum absolute atomic E-state index is 0.264. The smallest absolute Gasteiger partial charge is 0.272 e. The van der Waals surface area contributed by atoms with Gasteiger partial charge in [0.1, 0.15) is 0 Å². The van der Waals surface area contributed by atoms with Crippen molar-refractivity contribution in [1.29, 1.82) is 0 Å². The first kappa shape index (κ1) is 19.5. The van der Waals surface area contributed by atoms with E-state index in [1.807, 2.05) is 11.0 Å². The molecule has 1 aromatic heterocycles. The molecule has 0 amide bonds. The van der Waals surface area contributed by atoms with Crippen LogP contribution in [0.1, 0.15) is 5.69 Å². The van der Waals surface area contributed by atoms with Crippen molar-refractivity contribution in [1.82, 2.24) is 9.88 Å². The summed E-state index contributed by atoms with van der Waals surface area (Å²) in [5.41, 5.74) is 1.07. The molecule has 0 unspecified atom stereocenters. The summed E-state index contributed by atoms with van der Waals surface area (Å²) >= 11 is 5.84. The van der Waals surface area contributed by atoms with Gasteiger partial charge in [0.15, 0.2) is 0 Å². The van der Waals surface area contributed by atoms with Crippen molar-refractivity contribution in [3.63, 3.8) is 0 Å². The maximum Gasteiger partial charge on any atom is 0.272 e. The van der Waals surface area contributed by atoms with Gasteiger partial charge in [0.05, 0.1) is 20.5 Å². The number of rotatable bonds is 5. The van der Waals surface area contributed by atoms with E-state index in [2.05, 4.69) is 9.88 Å². The number of non-ortho nitro benzene ring substituents is 1. The minimum atomic E-state index is -4.04. The average Bonchev–Trinajstić information content (AvgIpc) is 2.63. The van der Waals surface area contributed by atoms with Crippen molar-refractivity contribution in [2.75, 3.05) is 31.1 Å². The second kappa shape index (κ2) is 7.77. The Labute approximate surface area is 161 Å². The Bertz CT molecular complexity index is 944. The first-order chi connectivity index (χ1) is 12.7. The predicted molar refractivity (Wildman–Crippen MR) is 101 cm³/mol. The Morgan fingerprint density at radius 2 is 1.89 bits per heavy atom. The van der Waals surface area contributed by atoms with Crippen molar-refractivity contribution in [2.45, 2.75) is 11.4 Å². The number of halogens is 1. The Balaban J connectivity index is 1.72. The summed E-state index contributed by atoms with van der Waals surface area (Å²) in [6, 6.07) is 7.37. The number of anilines is 1. The van der Waals surface area contributed by atoms with Gasteiger partial charge in [0, 0.05) is 56.7 Å². The lowest BCUT2D eigenvalue weighted by molar-refractivity contribution is -0.385. The molecular weight excluding hydrogens is 394 g/mol. The molecule has 1 aromatic carbocycles. The predicted octanol–water partition coefficient (Wildman–Crippen LogP) is 1.61. The van der Waals surface area contributed by atoms with Crippen LogP contribution in [0.4, 0.5) is 11.4 Å². The summed E-state index contributed by atoms with van der Waals surface area (Å²) in [6.07, 6.45) is 1.60. The van der Waals surface area contributed by atoms with Crippen LogP contribution < -0.4 is 10.0 Å². The highest BCUT2D eigenvalue weighted by atomic mass is 35.5. The van der Waals surface area contributed by atoms with Crippen LogP contribution in [0.25, 0.3) is 0 Å². The van der Waals surface area contributed by atoms with E-state index in [9.17, 15) is 18.5 Å². The third kappa shape index (κ3) is 4.92. The SMILES string of the molecule is NS(=O)(=O)c1cc(N2CCN(Cc3ccc(Cl)cn3)CC2)cc([N+](=O)[O-])c1. The van der Waals surface area contributed by atoms with E-state index in [0.717, 1.165) is 11.8 Å². The molecule has 2 N–H and O–H groups in total. The normalized spacial score (nSPS) is 15.7. The Morgan fingerprint density at radius 3 is 2.44 bits per heavy atom. The number of sulfonamides is 1. The second-order valence-corrected chi connectivity index (χ2v) is 8.22. The fourth-order valence-electron chi connectivity index (χ4n) is 2.91. The molecule has 0 saturated carbocycles. The largest absolute Gasteiger partial charge is 0.369 e. The molecule has 2 heterocycles. The van der Waals surface area contributed by atoms with Crippen molar-refractivity contribution in [3.05, 3.63) is 57.4 Å². The number of primary sulfonamides is 1. The van der Waals surface area contributed by atoms with Crippen LogP contribution in [0.3, 0.4) is 0 Å². The summed E-state index contributed by atoms with van der Waals surface area (Å²) in [6.45, 7) is 3.27. The lowest BCUT2D eigenvalue weighted by Crippen LogP contribution is -2.46. The number of nitro benzene ring substituents is 1. The third-order valence-electron chi connectivity index (χ3n) is 4.33. The van der Waals surface area contributed by atoms with E-state index < -0.39 is 14.9 Å². The topological polar surface area (TPSA) is 123 Å². The Kier molecular flexibility index (Phi) is 5.61. The summed E-state index contributed by atoms with van der Waals surface area (Å²) in [5.74, 6) is 0. The number of hydrogen-bond donors (Lipinski definition) is 1. The highest BCUT2D eigenvalue weighted by Crippen LogP contribution is 2.27. The number of aromatic nitrogens is 1. The molecule has 1 saturated heterocycles. The molecule has 0 spiro atoms. The van der Waals surface area contributed by atoms with Crippen LogP contribution in [0, 0.1) is 10.1 Å². The minimum Gasteiger partial charge on any atom is -0.369 e. The van der Waals surface area contributed by atoms with Gasteiger partial charge in [-0.1, -0.05) is 11.6 Å². The van der Waals surface area contributed by atoms with Crippen LogP contribution in [0.5, 0.6) is 0 Å². The van der Waals surface area contributed by atoms with Crippen molar-refractivity contribution >= 4 is 33.0 Å². The molecule has 1 fully saturated rings. The van der Waals surface area contributed by atoms with E-state index >= 15 is 0 Å². The average molecular weight is 412 g/mol. The molecule has 11 heteroatoms. The third-order valence-corrected chi connectivity index (χ3v) is 5.44. The summed E-state index contributed by atoms with van der Waals surface area (Å²) in [4.78, 5) is 18.6. The maximum absolute atomic E-state index is 11.6. The van der Waals surface area contributed by atoms with Crippen LogP contribution in [-0.2, 0) is 16.6 Å². The van der Waals surface area contributed by atoms with Crippen molar-refractivity contribution in [2.24, 2.45) is 5.14 Å². The van der Waals surface area contributed by atoms with Crippen molar-refractivity contribution in [3.8, 4) is 0 Å². The standard InChI is InChI=1S/C16H18ClN5O4S/c17-12-1-2-13(19-10-12)11-20-3-5-21(6-4-20)14-7-15(22(23)24)9-16(8-14)27(18,25)26/h1-2,7-10H,3-6,11H2,(H2,18,25,26). The number of nitro groups is 1. The monoisotopic (exact) mass is 411 g/mol. The molecule has 1 aliphatic rings. The van der Waals surface area contributed by atoms with Gasteiger partial charge in [0.2, 0.25) is 10.0 Å². The highest BCUT2D eigenvalue weighted by molar-refractivity contribution is 7.89. The molecule has 0 atom stereocenters. The van der Waals surface area contributed by atoms with Crippen LogP contribution in [-0.4, -0.2) is 49.4 Å². The lowest BCUT2D eigenvalue weighted by Gasteiger charge is -2.36. The fourth-order valence-corrected chi connectivity index (χ4v) is 3.60. The van der Waals surface area contributed by atoms with Crippen molar-refractivity contribution < 1.29 is 13.3 Å². The summed E-state index contributed by atoms with van der Waals surface area (Å²) in [7, 11) is -4.04. The Morgan fingerprint density at radius 1 is 1.19 bits per heavy atom. The molecule has 27 heavy (non-hydrogen) atoms. The molecule has 2 aromatic rings. The van der Waals surface area contributed by atoms with E-state index in [1.165, 1.54) is 12.1 Å². The van der Waals surface area contributed by atoms with Gasteiger partial charge in [-0.2, -0.15) is 0 Å². The molecule has 1 aliphatic heterocycles. The van der Waals surface area contributed by atoms with E-state index in [4.69, 9.17) is 16.7 Å². The van der Waals surface area contributed by atoms with Gasteiger partial charge >= 0.3 is 0 Å². The Hall–Kier alpha value is -2.27. The van der Waals surface area contributed by atoms with Gasteiger partial charge in [-0.15, -0.1) is 0 Å². The summed E-state index contributed by atoms with van der Waals surface area (Å²) < 4.78 is 23.3. The maximum atomic E-state index is 11.6. The van der Waals surface area contributed by atoms with Crippen LogP contribution >= 0.6 is 11.6 Å². The summed E-state index contributed by atoms with van der Waals surface area (Å²) in [5, 5.41) is 16.9. The van der Waals surface area contributed by atoms with Crippen LogP contribution in [0.2, 0.25) is 5.02 Å². The first-order valence-corrected chi connectivity index (χ1v) is 10.0. The number of pyridine rings is 1. The lowest BCUT2D eigenvalue weighted by atomic mass is 10.2. The zero-order valence-corrected chi connectivity index (χ0v) is 15.9. The fraction of sp³-hybridized carbons (Fsp3) is 0.312. The number of nitrogens with zero attached hydrogens (tertiary/aromatic N) is 4. The van der Waals surface area contributed by atoms with E-state index in [1.54, 1.807) is 12.3 Å². The number of nitrogens with two attached hydrogens (primary N) is 1. The van der Waals surface area contributed by atoms with Gasteiger partial charge in [-0.3, -0.25) is 20.0 Å². The van der Waals surface area contributed by atoms with Gasteiger partial charge in [-0.05, 0) is 18.2 Å². The van der Waals surface area contributed by atoms with E-state index in [-0.39, 0.29) is 10.6 Å². The molecule has 0 aliphatic carbocycles. The first-order valence-electron chi connectivity index (χ1n) is 8.12. The van der Waals surface area contributed by atoms with E-state index in [0.29, 0.717) is 43.4 Å². The van der Waals surface area contributed by atoms with Crippen LogP contribution in [0.15, 0.2) is 41.4 Å². The quantitative estimate of drug-likeness (QED) is 0.585. The van der Waals surface area contributed by atoms with Gasteiger partial charge < -0.3 is 4.90 Å². The molecule has 3 rings (SSSR count). The molecule has 9 nitrogen and oxygen atoms in total. The molecular formula is C16H18ClN5O4S. The number of benzene rings is 1. The zero-order chi connectivity index (χ0) is 19.6. The van der Waals surface area contributed by atoms with Gasteiger partial charge in [0.25, 0.3) is 5.69 Å². The number of hydrogen-bond acceptors (Lipinski definition) is 7. The van der Waals surface area contributed by atoms with Gasteiger partial charge in [-0.25, -0.2) is 13.6 Å². The second-order valence-electron chi connectivity index (χ2n) is 6.22. The number of piperazine rings is 1. The molecule has 144 valence electrons.